The summed E-state index contributed by atoms with van der Waals surface area (Å²) < 4.78 is 7.31. The van der Waals surface area contributed by atoms with Crippen molar-refractivity contribution in [2.75, 3.05) is 46.9 Å². The molecule has 1 fully saturated rings. The van der Waals surface area contributed by atoms with Gasteiger partial charge in [-0.05, 0) is 82.4 Å². The van der Waals surface area contributed by atoms with Crippen molar-refractivity contribution in [2.45, 2.75) is 57.3 Å². The number of ether oxygens (including phenoxy) is 1. The van der Waals surface area contributed by atoms with Crippen LogP contribution < -0.4 is 15.6 Å². The van der Waals surface area contributed by atoms with Crippen LogP contribution in [0.1, 0.15) is 53.6 Å². The van der Waals surface area contributed by atoms with Gasteiger partial charge in [-0.25, -0.2) is 4.98 Å². The summed E-state index contributed by atoms with van der Waals surface area (Å²) >= 11 is 6.38. The first-order valence-corrected chi connectivity index (χ1v) is 19.2. The zero-order chi connectivity index (χ0) is 39.0. The molecule has 6 rings (SSSR count). The molecule has 55 heavy (non-hydrogen) atoms. The number of hydrogen-bond acceptors (Lipinski definition) is 9. The molecular formula is C42H49ClN6O6. The monoisotopic (exact) mass is 768 g/mol. The summed E-state index contributed by atoms with van der Waals surface area (Å²) in [7, 11) is 4.03. The second-order valence-corrected chi connectivity index (χ2v) is 15.1. The second kappa shape index (κ2) is 18.2. The lowest BCUT2D eigenvalue weighted by Crippen LogP contribution is -2.51. The van der Waals surface area contributed by atoms with Crippen LogP contribution in [0.25, 0.3) is 21.8 Å². The average molecular weight is 769 g/mol. The molecule has 1 aliphatic rings. The minimum atomic E-state index is -1.17. The van der Waals surface area contributed by atoms with E-state index in [0.717, 1.165) is 18.5 Å². The number of fused-ring (bicyclic) bond motifs is 2. The Morgan fingerprint density at radius 1 is 1.00 bits per heavy atom. The van der Waals surface area contributed by atoms with Crippen molar-refractivity contribution >= 4 is 45.2 Å². The fourth-order valence-corrected chi connectivity index (χ4v) is 7.37. The van der Waals surface area contributed by atoms with Gasteiger partial charge in [-0.3, -0.25) is 23.9 Å². The molecule has 0 spiro atoms. The number of aliphatic hydroxyl groups is 2. The Hall–Kier alpha value is -4.88. The number of amides is 2. The number of carbonyl (C=O) groups excluding carboxylic acids is 2. The number of benzene rings is 3. The van der Waals surface area contributed by atoms with Gasteiger partial charge >= 0.3 is 0 Å². The molecule has 2 aromatic heterocycles. The Labute approximate surface area is 325 Å². The SMILES string of the molecule is CN(C)CCCOc1ccc2c(=O)n(CC3(O)CCN(C(=O)C(CCCNC(=O)c4ccc5c(Cl)c(CO)cnc5c4)Cc4ccccc4)CC3)cnc2c1. The third-order valence-corrected chi connectivity index (χ3v) is 10.7. The van der Waals surface area contributed by atoms with E-state index in [1.54, 1.807) is 36.4 Å². The number of nitrogens with zero attached hydrogens (tertiary/aromatic N) is 5. The van der Waals surface area contributed by atoms with E-state index in [4.69, 9.17) is 16.3 Å². The molecular weight excluding hydrogens is 720 g/mol. The molecule has 3 aromatic carbocycles. The van der Waals surface area contributed by atoms with Crippen LogP contribution in [0.15, 0.2) is 84.0 Å². The van der Waals surface area contributed by atoms with Crippen molar-refractivity contribution in [2.24, 2.45) is 5.92 Å². The van der Waals surface area contributed by atoms with Crippen molar-refractivity contribution in [1.82, 2.24) is 29.7 Å². The van der Waals surface area contributed by atoms with Gasteiger partial charge in [0, 0.05) is 60.9 Å². The van der Waals surface area contributed by atoms with E-state index in [-0.39, 0.29) is 36.4 Å². The van der Waals surface area contributed by atoms with Crippen LogP contribution >= 0.6 is 11.6 Å². The van der Waals surface area contributed by atoms with Crippen LogP contribution in [0.2, 0.25) is 5.02 Å². The number of hydrogen-bond donors (Lipinski definition) is 3. The molecule has 0 bridgehead atoms. The van der Waals surface area contributed by atoms with Crippen LogP contribution in [0.4, 0.5) is 0 Å². The normalized spacial score (nSPS) is 14.7. The minimum Gasteiger partial charge on any atom is -0.493 e. The van der Waals surface area contributed by atoms with Gasteiger partial charge in [-0.2, -0.15) is 0 Å². The summed E-state index contributed by atoms with van der Waals surface area (Å²) in [5.74, 6) is 0.109. The molecule has 1 unspecified atom stereocenters. The molecule has 1 atom stereocenters. The fraction of sp³-hybridized carbons (Fsp3) is 0.405. The third-order valence-electron chi connectivity index (χ3n) is 10.3. The van der Waals surface area contributed by atoms with Crippen molar-refractivity contribution in [3.05, 3.63) is 111 Å². The number of nitrogens with one attached hydrogen (secondary N) is 1. The van der Waals surface area contributed by atoms with Crippen molar-refractivity contribution < 1.29 is 24.5 Å². The van der Waals surface area contributed by atoms with Gasteiger partial charge in [-0.15, -0.1) is 0 Å². The molecule has 3 N–H and O–H groups in total. The lowest BCUT2D eigenvalue weighted by atomic mass is 9.88. The van der Waals surface area contributed by atoms with Gasteiger partial charge in [-0.1, -0.05) is 48.0 Å². The van der Waals surface area contributed by atoms with E-state index in [2.05, 4.69) is 20.2 Å². The number of likely N-dealkylation sites (tertiary alicyclic amines) is 1. The molecule has 0 radical (unpaired) electrons. The fourth-order valence-electron chi connectivity index (χ4n) is 7.10. The first-order valence-electron chi connectivity index (χ1n) is 18.8. The minimum absolute atomic E-state index is 0.0150. The lowest BCUT2D eigenvalue weighted by Gasteiger charge is -2.39. The highest BCUT2D eigenvalue weighted by atomic mass is 35.5. The molecule has 1 aliphatic heterocycles. The summed E-state index contributed by atoms with van der Waals surface area (Å²) in [5.41, 5.74) is 1.71. The van der Waals surface area contributed by atoms with Crippen LogP contribution in [0.5, 0.6) is 5.75 Å². The number of aromatic nitrogens is 3. The molecule has 0 saturated carbocycles. The maximum absolute atomic E-state index is 14.0. The number of carbonyl (C=O) groups is 2. The van der Waals surface area contributed by atoms with Crippen molar-refractivity contribution in [3.8, 4) is 5.75 Å². The molecule has 13 heteroatoms. The Bertz CT molecular complexity index is 2170. The van der Waals surface area contributed by atoms with Gasteiger partial charge in [0.1, 0.15) is 5.75 Å². The van der Waals surface area contributed by atoms with E-state index in [1.165, 1.54) is 17.1 Å². The highest BCUT2D eigenvalue weighted by Gasteiger charge is 2.36. The van der Waals surface area contributed by atoms with E-state index in [0.29, 0.717) is 102 Å². The number of halogens is 1. The van der Waals surface area contributed by atoms with E-state index in [1.807, 2.05) is 49.3 Å². The maximum atomic E-state index is 14.0. The molecule has 1 saturated heterocycles. The Morgan fingerprint density at radius 3 is 2.49 bits per heavy atom. The van der Waals surface area contributed by atoms with Crippen molar-refractivity contribution in [3.63, 3.8) is 0 Å². The van der Waals surface area contributed by atoms with Crippen LogP contribution in [-0.2, 0) is 24.4 Å². The summed E-state index contributed by atoms with van der Waals surface area (Å²) in [6.45, 7) is 2.44. The van der Waals surface area contributed by atoms with Crippen LogP contribution in [0, 0.1) is 5.92 Å². The van der Waals surface area contributed by atoms with Crippen molar-refractivity contribution in [1.29, 1.82) is 0 Å². The Kier molecular flexibility index (Phi) is 13.1. The molecule has 2 amide bonds. The van der Waals surface area contributed by atoms with Gasteiger partial charge in [0.15, 0.2) is 0 Å². The zero-order valence-corrected chi connectivity index (χ0v) is 32.2. The summed E-state index contributed by atoms with van der Waals surface area (Å²) in [6.07, 6.45) is 6.22. The third kappa shape index (κ3) is 10.1. The van der Waals surface area contributed by atoms with Crippen LogP contribution in [-0.4, -0.2) is 98.8 Å². The van der Waals surface area contributed by atoms with E-state index >= 15 is 0 Å². The predicted octanol–water partition coefficient (Wildman–Crippen LogP) is 4.84. The maximum Gasteiger partial charge on any atom is 0.261 e. The quantitative estimate of drug-likeness (QED) is 0.120. The molecule has 0 aliphatic carbocycles. The Balaban J connectivity index is 1.04. The smallest absolute Gasteiger partial charge is 0.261 e. The van der Waals surface area contributed by atoms with Gasteiger partial charge < -0.3 is 30.1 Å². The van der Waals surface area contributed by atoms with Gasteiger partial charge in [0.25, 0.3) is 11.5 Å². The molecule has 5 aromatic rings. The molecule has 12 nitrogen and oxygen atoms in total. The largest absolute Gasteiger partial charge is 0.493 e. The number of pyridine rings is 1. The lowest BCUT2D eigenvalue weighted by molar-refractivity contribution is -0.140. The zero-order valence-electron chi connectivity index (χ0n) is 31.4. The predicted molar refractivity (Wildman–Crippen MR) is 213 cm³/mol. The van der Waals surface area contributed by atoms with Gasteiger partial charge in [0.2, 0.25) is 5.91 Å². The number of piperidine rings is 1. The van der Waals surface area contributed by atoms with E-state index in [9.17, 15) is 24.6 Å². The Morgan fingerprint density at radius 2 is 1.75 bits per heavy atom. The molecule has 290 valence electrons. The topological polar surface area (TPSA) is 150 Å². The van der Waals surface area contributed by atoms with E-state index < -0.39 is 5.60 Å². The number of rotatable bonds is 16. The summed E-state index contributed by atoms with van der Waals surface area (Å²) in [4.78, 5) is 53.2. The highest BCUT2D eigenvalue weighted by Crippen LogP contribution is 2.28. The highest BCUT2D eigenvalue weighted by molar-refractivity contribution is 6.36. The number of aliphatic hydroxyl groups excluding tert-OH is 1. The first kappa shape index (κ1) is 39.8. The first-order chi connectivity index (χ1) is 26.5. The molecule has 3 heterocycles. The summed E-state index contributed by atoms with van der Waals surface area (Å²) in [6, 6.07) is 20.2. The average Bonchev–Trinajstić information content (AvgIpc) is 3.19. The summed E-state index contributed by atoms with van der Waals surface area (Å²) in [5, 5.41) is 25.6. The standard InChI is InChI=1S/C42H49ClN6O6/c1-47(2)18-7-21-55-33-12-14-35-37(24-33)46-28-49(41(35)53)27-42(54)15-19-48(20-16-42)40(52)31(22-29-8-4-3-5-9-29)10-6-17-44-39(51)30-11-13-34-36(23-30)45-25-32(26-50)38(34)43/h3-5,8-9,11-14,23-25,28,31,50,54H,6-7,10,15-22,26-27H2,1-2H3,(H,44,51). The van der Waals surface area contributed by atoms with Gasteiger partial charge in [0.05, 0.1) is 53.1 Å². The van der Waals surface area contributed by atoms with Crippen LogP contribution in [0.3, 0.4) is 0 Å². The second-order valence-electron chi connectivity index (χ2n) is 14.7.